The molecule has 0 saturated carbocycles. The number of halogens is 1. The highest BCUT2D eigenvalue weighted by molar-refractivity contribution is 14.1. The molecule has 0 saturated heterocycles. The van der Waals surface area contributed by atoms with E-state index in [-0.39, 0.29) is 11.5 Å². The van der Waals surface area contributed by atoms with Gasteiger partial charge < -0.3 is 5.11 Å². The quantitative estimate of drug-likeness (QED) is 0.525. The fourth-order valence-electron chi connectivity index (χ4n) is 0.907. The standard InChI is InChI=1S/C12H10INO2/c1-2-11(15)7-9(13)8-14-10-3-5-12(16)6-4-10/h2-8,16H,1H2/b9-7-,14-8?. The van der Waals surface area contributed by atoms with Crippen LogP contribution >= 0.6 is 22.6 Å². The Morgan fingerprint density at radius 3 is 2.56 bits per heavy atom. The lowest BCUT2D eigenvalue weighted by Gasteiger charge is -1.93. The minimum Gasteiger partial charge on any atom is -0.508 e. The molecule has 1 rings (SSSR count). The van der Waals surface area contributed by atoms with Gasteiger partial charge in [0.15, 0.2) is 5.78 Å². The van der Waals surface area contributed by atoms with Crippen molar-refractivity contribution in [2.75, 3.05) is 0 Å². The first-order valence-electron chi connectivity index (χ1n) is 4.48. The van der Waals surface area contributed by atoms with Crippen LogP contribution in [0.15, 0.2) is 51.6 Å². The van der Waals surface area contributed by atoms with Crippen LogP contribution < -0.4 is 0 Å². The molecule has 0 heterocycles. The van der Waals surface area contributed by atoms with E-state index in [1.165, 1.54) is 12.2 Å². The Labute approximate surface area is 107 Å². The summed E-state index contributed by atoms with van der Waals surface area (Å²) >= 11 is 2.01. The molecule has 0 unspecified atom stereocenters. The zero-order valence-corrected chi connectivity index (χ0v) is 10.6. The van der Waals surface area contributed by atoms with Crippen molar-refractivity contribution in [2.45, 2.75) is 0 Å². The van der Waals surface area contributed by atoms with E-state index in [0.29, 0.717) is 5.69 Å². The van der Waals surface area contributed by atoms with E-state index in [1.54, 1.807) is 30.5 Å². The van der Waals surface area contributed by atoms with Crippen molar-refractivity contribution in [3.05, 3.63) is 46.6 Å². The number of benzene rings is 1. The van der Waals surface area contributed by atoms with Crippen molar-refractivity contribution < 1.29 is 9.90 Å². The summed E-state index contributed by atoms with van der Waals surface area (Å²) in [7, 11) is 0. The molecule has 0 aliphatic rings. The van der Waals surface area contributed by atoms with Gasteiger partial charge in [0.2, 0.25) is 0 Å². The third-order valence-electron chi connectivity index (χ3n) is 1.67. The average Bonchev–Trinajstić information content (AvgIpc) is 2.28. The van der Waals surface area contributed by atoms with Crippen molar-refractivity contribution in [3.63, 3.8) is 0 Å². The predicted molar refractivity (Wildman–Crippen MR) is 73.6 cm³/mol. The summed E-state index contributed by atoms with van der Waals surface area (Å²) in [6.07, 6.45) is 4.26. The Kier molecular flexibility index (Phi) is 4.91. The van der Waals surface area contributed by atoms with Gasteiger partial charge in [-0.3, -0.25) is 9.79 Å². The van der Waals surface area contributed by atoms with Crippen molar-refractivity contribution >= 4 is 40.3 Å². The molecule has 0 aromatic heterocycles. The summed E-state index contributed by atoms with van der Waals surface area (Å²) in [4.78, 5) is 15.1. The fraction of sp³-hybridized carbons (Fsp3) is 0. The minimum absolute atomic E-state index is 0.151. The van der Waals surface area contributed by atoms with Gasteiger partial charge in [0.05, 0.1) is 5.69 Å². The molecule has 0 bridgehead atoms. The Morgan fingerprint density at radius 2 is 2.00 bits per heavy atom. The molecule has 1 N–H and O–H groups in total. The number of phenolic OH excluding ortho intramolecular Hbond substituents is 1. The van der Waals surface area contributed by atoms with E-state index in [9.17, 15) is 4.79 Å². The van der Waals surface area contributed by atoms with Crippen LogP contribution in [-0.2, 0) is 4.79 Å². The highest BCUT2D eigenvalue weighted by Gasteiger charge is 1.92. The summed E-state index contributed by atoms with van der Waals surface area (Å²) < 4.78 is 0.718. The summed E-state index contributed by atoms with van der Waals surface area (Å²) in [6, 6.07) is 6.48. The SMILES string of the molecule is C=CC(=O)/C=C(\I)C=Nc1ccc(O)cc1. The van der Waals surface area contributed by atoms with Gasteiger partial charge in [-0.2, -0.15) is 0 Å². The molecule has 4 heteroatoms. The van der Waals surface area contributed by atoms with Crippen LogP contribution in [0.4, 0.5) is 5.69 Å². The van der Waals surface area contributed by atoms with Gasteiger partial charge in [-0.1, -0.05) is 6.58 Å². The van der Waals surface area contributed by atoms with Crippen molar-refractivity contribution in [1.29, 1.82) is 0 Å². The number of carbonyl (C=O) groups is 1. The van der Waals surface area contributed by atoms with Crippen LogP contribution in [0.25, 0.3) is 0 Å². The highest BCUT2D eigenvalue weighted by Crippen LogP contribution is 2.17. The van der Waals surface area contributed by atoms with E-state index < -0.39 is 0 Å². The van der Waals surface area contributed by atoms with Crippen LogP contribution in [0.1, 0.15) is 0 Å². The maximum absolute atomic E-state index is 11.0. The third kappa shape index (κ3) is 4.39. The molecule has 16 heavy (non-hydrogen) atoms. The number of hydrogen-bond acceptors (Lipinski definition) is 3. The Hall–Kier alpha value is -1.43. The normalized spacial score (nSPS) is 11.7. The molecule has 3 nitrogen and oxygen atoms in total. The molecular formula is C12H10INO2. The molecule has 0 aliphatic heterocycles. The van der Waals surface area contributed by atoms with Gasteiger partial charge in [-0.25, -0.2) is 0 Å². The first-order chi connectivity index (χ1) is 7.61. The molecule has 1 aromatic rings. The summed E-state index contributed by atoms with van der Waals surface area (Å²) in [5.41, 5.74) is 0.714. The second-order valence-corrected chi connectivity index (χ2v) is 4.16. The first-order valence-corrected chi connectivity index (χ1v) is 5.56. The monoisotopic (exact) mass is 327 g/mol. The largest absolute Gasteiger partial charge is 0.508 e. The van der Waals surface area contributed by atoms with Crippen LogP contribution in [0.3, 0.4) is 0 Å². The smallest absolute Gasteiger partial charge is 0.179 e. The van der Waals surface area contributed by atoms with E-state index in [0.717, 1.165) is 3.58 Å². The lowest BCUT2D eigenvalue weighted by atomic mass is 10.3. The Balaban J connectivity index is 2.73. The molecule has 82 valence electrons. The third-order valence-corrected chi connectivity index (χ3v) is 2.26. The zero-order valence-electron chi connectivity index (χ0n) is 8.43. The highest BCUT2D eigenvalue weighted by atomic mass is 127. The number of carbonyl (C=O) groups excluding carboxylic acids is 1. The number of nitrogens with zero attached hydrogens (tertiary/aromatic N) is 1. The van der Waals surface area contributed by atoms with Crippen molar-refractivity contribution in [3.8, 4) is 5.75 Å². The fourth-order valence-corrected chi connectivity index (χ4v) is 1.35. The number of aliphatic imine (C=N–C) groups is 1. The van der Waals surface area contributed by atoms with Gasteiger partial charge >= 0.3 is 0 Å². The predicted octanol–water partition coefficient (Wildman–Crippen LogP) is 3.17. The molecule has 0 atom stereocenters. The zero-order chi connectivity index (χ0) is 12.0. The van der Waals surface area contributed by atoms with E-state index >= 15 is 0 Å². The Morgan fingerprint density at radius 1 is 1.38 bits per heavy atom. The van der Waals surface area contributed by atoms with E-state index in [4.69, 9.17) is 5.11 Å². The summed E-state index contributed by atoms with van der Waals surface area (Å²) in [5, 5.41) is 9.06. The molecule has 0 fully saturated rings. The van der Waals surface area contributed by atoms with Crippen LogP contribution in [0.5, 0.6) is 5.75 Å². The van der Waals surface area contributed by atoms with Crippen LogP contribution in [-0.4, -0.2) is 17.1 Å². The minimum atomic E-state index is -0.151. The average molecular weight is 327 g/mol. The molecule has 0 aliphatic carbocycles. The van der Waals surface area contributed by atoms with Gasteiger partial charge in [-0.05, 0) is 52.9 Å². The molecule has 1 aromatic carbocycles. The maximum atomic E-state index is 11.0. The number of aromatic hydroxyl groups is 1. The molecular weight excluding hydrogens is 317 g/mol. The number of hydrogen-bond donors (Lipinski definition) is 1. The number of allylic oxidation sites excluding steroid dienone is 3. The number of rotatable bonds is 4. The molecule has 0 amide bonds. The van der Waals surface area contributed by atoms with Gasteiger partial charge in [0.1, 0.15) is 5.75 Å². The lowest BCUT2D eigenvalue weighted by molar-refractivity contribution is -0.110. The topological polar surface area (TPSA) is 49.7 Å². The first kappa shape index (κ1) is 12.6. The second-order valence-electron chi connectivity index (χ2n) is 2.91. The van der Waals surface area contributed by atoms with Crippen molar-refractivity contribution in [2.24, 2.45) is 4.99 Å². The van der Waals surface area contributed by atoms with Gasteiger partial charge in [0.25, 0.3) is 0 Å². The van der Waals surface area contributed by atoms with Crippen molar-refractivity contribution in [1.82, 2.24) is 0 Å². The lowest BCUT2D eigenvalue weighted by Crippen LogP contribution is -1.85. The van der Waals surface area contributed by atoms with Crippen LogP contribution in [0, 0.1) is 0 Å². The summed E-state index contributed by atoms with van der Waals surface area (Å²) in [5.74, 6) is 0.0487. The summed E-state index contributed by atoms with van der Waals surface area (Å²) in [6.45, 7) is 3.37. The van der Waals surface area contributed by atoms with Crippen LogP contribution in [0.2, 0.25) is 0 Å². The van der Waals surface area contributed by atoms with Gasteiger partial charge in [0, 0.05) is 15.9 Å². The second kappa shape index (κ2) is 6.22. The molecule has 0 spiro atoms. The maximum Gasteiger partial charge on any atom is 0.179 e. The number of phenols is 1. The molecule has 0 radical (unpaired) electrons. The van der Waals surface area contributed by atoms with E-state index in [1.807, 2.05) is 22.6 Å². The van der Waals surface area contributed by atoms with E-state index in [2.05, 4.69) is 11.6 Å². The Bertz CT molecular complexity index is 447. The van der Waals surface area contributed by atoms with Gasteiger partial charge in [-0.15, -0.1) is 0 Å². The number of ketones is 1.